The molecule has 1 saturated carbocycles. The van der Waals surface area contributed by atoms with Gasteiger partial charge in [-0.1, -0.05) is 11.6 Å². The molecule has 196 valence electrons. The van der Waals surface area contributed by atoms with E-state index in [4.69, 9.17) is 18.6 Å². The fourth-order valence-corrected chi connectivity index (χ4v) is 6.95. The Bertz CT molecular complexity index is 1460. The van der Waals surface area contributed by atoms with Crippen molar-refractivity contribution < 1.29 is 38.4 Å². The molecule has 1 saturated heterocycles. The number of carbonyl (C=O) groups is 2. The summed E-state index contributed by atoms with van der Waals surface area (Å²) in [6.45, 7) is 10.9. The number of rotatable bonds is 4. The third-order valence-electron chi connectivity index (χ3n) is 8.66. The number of hydrogen-bond donors (Lipinski definition) is 2. The predicted molar refractivity (Wildman–Crippen MR) is 134 cm³/mol. The Kier molecular flexibility index (Phi) is 4.57. The number of aromatic hydroxyl groups is 1. The summed E-state index contributed by atoms with van der Waals surface area (Å²) >= 11 is 0. The maximum absolute atomic E-state index is 14.3. The van der Waals surface area contributed by atoms with Gasteiger partial charge in [-0.25, -0.2) is 0 Å². The second kappa shape index (κ2) is 6.92. The van der Waals surface area contributed by atoms with Crippen LogP contribution in [0.25, 0.3) is 11.0 Å². The minimum absolute atomic E-state index is 0.00621. The van der Waals surface area contributed by atoms with Gasteiger partial charge in [0.05, 0.1) is 11.0 Å². The van der Waals surface area contributed by atoms with Crippen LogP contribution in [0.1, 0.15) is 70.5 Å². The number of furan rings is 1. The van der Waals surface area contributed by atoms with Crippen LogP contribution in [0.5, 0.6) is 11.5 Å². The van der Waals surface area contributed by atoms with Crippen molar-refractivity contribution in [2.75, 3.05) is 7.11 Å². The number of ketones is 2. The van der Waals surface area contributed by atoms with Crippen molar-refractivity contribution in [3.8, 4) is 11.5 Å². The van der Waals surface area contributed by atoms with E-state index in [2.05, 4.69) is 0 Å². The topological polar surface area (TPSA) is 115 Å². The van der Waals surface area contributed by atoms with Crippen molar-refractivity contribution >= 4 is 22.5 Å². The molecule has 1 unspecified atom stereocenters. The number of phenolic OH excluding ortho intramolecular Hbond substituents is 1. The average molecular weight is 509 g/mol. The first-order chi connectivity index (χ1) is 17.1. The maximum Gasteiger partial charge on any atom is 0.205 e. The van der Waals surface area contributed by atoms with Crippen molar-refractivity contribution in [3.63, 3.8) is 0 Å². The minimum Gasteiger partial charge on any atom is -0.507 e. The Morgan fingerprint density at radius 1 is 1.24 bits per heavy atom. The highest BCUT2D eigenvalue weighted by Crippen LogP contribution is 2.69. The molecule has 4 bridgehead atoms. The third-order valence-corrected chi connectivity index (χ3v) is 8.66. The van der Waals surface area contributed by atoms with E-state index in [9.17, 15) is 19.8 Å². The van der Waals surface area contributed by atoms with E-state index in [0.29, 0.717) is 11.8 Å². The lowest BCUT2D eigenvalue weighted by Crippen LogP contribution is -2.77. The molecule has 5 aliphatic rings. The third kappa shape index (κ3) is 2.73. The number of hydrogen-bond acceptors (Lipinski definition) is 8. The standard InChI is InChI=1S/C29H32O8/c1-14(2)8-9-28-24(32)27(34-7)12-16-22(31)21-17(30)11-18-15(10-20(35-18)25(3,4)33)23(21)36-29(16,28)19(13-27)26(5,6)37-28/h8,10-12,19,30,33H,9,13H2,1-7H3/t19-,27+,28+,29?/m0/s1. The molecule has 2 aliphatic heterocycles. The van der Waals surface area contributed by atoms with Gasteiger partial charge in [0, 0.05) is 31.1 Å². The van der Waals surface area contributed by atoms with E-state index in [1.807, 2.05) is 33.8 Å². The summed E-state index contributed by atoms with van der Waals surface area (Å²) in [5.74, 6) is -1.03. The summed E-state index contributed by atoms with van der Waals surface area (Å²) < 4.78 is 25.3. The van der Waals surface area contributed by atoms with Gasteiger partial charge >= 0.3 is 0 Å². The van der Waals surface area contributed by atoms with Crippen LogP contribution in [-0.2, 0) is 19.9 Å². The molecule has 2 N–H and O–H groups in total. The van der Waals surface area contributed by atoms with Gasteiger partial charge in [0.25, 0.3) is 0 Å². The van der Waals surface area contributed by atoms with E-state index in [1.54, 1.807) is 26.0 Å². The monoisotopic (exact) mass is 508 g/mol. The van der Waals surface area contributed by atoms with Gasteiger partial charge in [0.1, 0.15) is 39.6 Å². The van der Waals surface area contributed by atoms with Crippen molar-refractivity contribution in [2.24, 2.45) is 5.92 Å². The Labute approximate surface area is 214 Å². The number of methoxy groups -OCH3 is 1. The molecule has 37 heavy (non-hydrogen) atoms. The highest BCUT2D eigenvalue weighted by Gasteiger charge is 2.84. The molecule has 8 heteroatoms. The number of allylic oxidation sites excluding steroid dienone is 1. The van der Waals surface area contributed by atoms with Crippen LogP contribution in [-0.4, -0.2) is 51.3 Å². The molecule has 1 aromatic carbocycles. The summed E-state index contributed by atoms with van der Waals surface area (Å²) in [5.41, 5.74) is -4.91. The molecular weight excluding hydrogens is 476 g/mol. The predicted octanol–water partition coefficient (Wildman–Crippen LogP) is 4.50. The Balaban J connectivity index is 1.70. The molecule has 3 aliphatic carbocycles. The van der Waals surface area contributed by atoms with Crippen LogP contribution in [0, 0.1) is 5.92 Å². The lowest BCUT2D eigenvalue weighted by atomic mass is 9.49. The van der Waals surface area contributed by atoms with Crippen LogP contribution in [0.15, 0.2) is 39.8 Å². The number of ether oxygens (including phenoxy) is 3. The lowest BCUT2D eigenvalue weighted by Gasteiger charge is -2.59. The molecular formula is C29H32O8. The van der Waals surface area contributed by atoms with Crippen LogP contribution < -0.4 is 4.74 Å². The number of aliphatic hydroxyl groups is 1. The summed E-state index contributed by atoms with van der Waals surface area (Å²) in [5, 5.41) is 22.0. The van der Waals surface area contributed by atoms with Crippen LogP contribution in [0.2, 0.25) is 0 Å². The van der Waals surface area contributed by atoms with Crippen molar-refractivity contribution in [3.05, 3.63) is 46.8 Å². The van der Waals surface area contributed by atoms with Crippen LogP contribution in [0.3, 0.4) is 0 Å². The second-order valence-electron chi connectivity index (χ2n) is 12.1. The van der Waals surface area contributed by atoms with E-state index < -0.39 is 39.7 Å². The van der Waals surface area contributed by atoms with Crippen LogP contribution in [0.4, 0.5) is 0 Å². The highest BCUT2D eigenvalue weighted by atomic mass is 16.6. The van der Waals surface area contributed by atoms with E-state index in [-0.39, 0.29) is 46.2 Å². The van der Waals surface area contributed by atoms with Gasteiger partial charge in [-0.3, -0.25) is 9.59 Å². The van der Waals surface area contributed by atoms with Gasteiger partial charge in [0.2, 0.25) is 5.78 Å². The SMILES string of the molecule is CO[C@]12C=C3C(=O)c4c(O)cc5oc(C(C)(C)O)cc5c4OC34[C@@H](C1)C(C)(C)O[C@]4(CC=C(C)C)C2=O. The van der Waals surface area contributed by atoms with Gasteiger partial charge in [-0.15, -0.1) is 0 Å². The summed E-state index contributed by atoms with van der Waals surface area (Å²) in [6, 6.07) is 2.98. The lowest BCUT2D eigenvalue weighted by molar-refractivity contribution is -0.189. The molecule has 3 heterocycles. The molecule has 0 amide bonds. The van der Waals surface area contributed by atoms with Gasteiger partial charge < -0.3 is 28.8 Å². The first-order valence-corrected chi connectivity index (χ1v) is 12.6. The Morgan fingerprint density at radius 2 is 1.95 bits per heavy atom. The van der Waals surface area contributed by atoms with Crippen molar-refractivity contribution in [1.29, 1.82) is 0 Å². The first kappa shape index (κ1) is 24.4. The molecule has 2 aromatic rings. The quantitative estimate of drug-likeness (QED) is 0.580. The Hall–Kier alpha value is -2.94. The van der Waals surface area contributed by atoms with Gasteiger partial charge in [-0.2, -0.15) is 0 Å². The molecule has 2 fully saturated rings. The zero-order valence-corrected chi connectivity index (χ0v) is 22.1. The fraction of sp³-hybridized carbons (Fsp3) is 0.517. The average Bonchev–Trinajstić information content (AvgIpc) is 3.30. The maximum atomic E-state index is 14.3. The minimum atomic E-state index is -1.52. The van der Waals surface area contributed by atoms with E-state index in [0.717, 1.165) is 5.57 Å². The van der Waals surface area contributed by atoms with Crippen LogP contribution >= 0.6 is 0 Å². The Morgan fingerprint density at radius 3 is 2.57 bits per heavy atom. The first-order valence-electron chi connectivity index (χ1n) is 12.6. The van der Waals surface area contributed by atoms with Crippen molar-refractivity contribution in [1.82, 2.24) is 0 Å². The fourth-order valence-electron chi connectivity index (χ4n) is 6.95. The molecule has 1 spiro atoms. The smallest absolute Gasteiger partial charge is 0.205 e. The second-order valence-corrected chi connectivity index (χ2v) is 12.1. The van der Waals surface area contributed by atoms with Crippen molar-refractivity contribution in [2.45, 2.75) is 82.4 Å². The summed E-state index contributed by atoms with van der Waals surface area (Å²) in [4.78, 5) is 28.6. The molecule has 8 nitrogen and oxygen atoms in total. The summed E-state index contributed by atoms with van der Waals surface area (Å²) in [7, 11) is 1.47. The number of fused-ring (bicyclic) bond motifs is 3. The van der Waals surface area contributed by atoms with E-state index in [1.165, 1.54) is 13.2 Å². The number of phenols is 1. The molecule has 0 radical (unpaired) electrons. The molecule has 1 aromatic heterocycles. The number of Topliss-reactive ketones (excluding diaryl/α,β-unsaturated/α-hetero) is 2. The largest absolute Gasteiger partial charge is 0.507 e. The zero-order valence-electron chi connectivity index (χ0n) is 22.1. The molecule has 7 rings (SSSR count). The number of benzene rings is 1. The van der Waals surface area contributed by atoms with Gasteiger partial charge in [0.15, 0.2) is 17.0 Å². The van der Waals surface area contributed by atoms with Gasteiger partial charge in [-0.05, 0) is 60.1 Å². The number of carbonyl (C=O) groups excluding carboxylic acids is 2. The zero-order chi connectivity index (χ0) is 26.9. The highest BCUT2D eigenvalue weighted by molar-refractivity contribution is 6.21. The van der Waals surface area contributed by atoms with E-state index >= 15 is 0 Å². The summed E-state index contributed by atoms with van der Waals surface area (Å²) in [6.07, 6.45) is 4.00. The molecule has 4 atom stereocenters. The normalized spacial score (nSPS) is 33.2.